The second-order valence-electron chi connectivity index (χ2n) is 10.5. The summed E-state index contributed by atoms with van der Waals surface area (Å²) in [5, 5.41) is 5.15. The van der Waals surface area contributed by atoms with Gasteiger partial charge in [0.15, 0.2) is 0 Å². The number of hydrogen-bond acceptors (Lipinski definition) is 7. The van der Waals surface area contributed by atoms with Crippen LogP contribution in [0.1, 0.15) is 47.7 Å². The van der Waals surface area contributed by atoms with Crippen LogP contribution in [0.2, 0.25) is 0 Å². The van der Waals surface area contributed by atoms with Crippen molar-refractivity contribution in [2.24, 2.45) is 11.8 Å². The summed E-state index contributed by atoms with van der Waals surface area (Å²) in [5.41, 5.74) is 1.26. The fourth-order valence-corrected chi connectivity index (χ4v) is 8.03. The van der Waals surface area contributed by atoms with Crippen LogP contribution < -0.4 is 10.1 Å². The predicted molar refractivity (Wildman–Crippen MR) is 152 cm³/mol. The average Bonchev–Trinajstić information content (AvgIpc) is 3.39. The van der Waals surface area contributed by atoms with Crippen molar-refractivity contribution in [1.82, 2.24) is 14.5 Å². The molecular formula is C28H43N3O5S2. The molecule has 1 aliphatic rings. The van der Waals surface area contributed by atoms with E-state index in [-0.39, 0.29) is 30.6 Å². The smallest absolute Gasteiger partial charge is 0.246 e. The van der Waals surface area contributed by atoms with Crippen molar-refractivity contribution < 1.29 is 22.7 Å². The molecule has 38 heavy (non-hydrogen) atoms. The molecule has 3 rings (SSSR count). The fourth-order valence-electron chi connectivity index (χ4n) is 5.45. The van der Waals surface area contributed by atoms with Gasteiger partial charge in [-0.15, -0.1) is 11.3 Å². The largest absolute Gasteiger partial charge is 0.497 e. The average molecular weight is 566 g/mol. The molecule has 8 nitrogen and oxygen atoms in total. The first-order valence-corrected chi connectivity index (χ1v) is 15.5. The summed E-state index contributed by atoms with van der Waals surface area (Å²) >= 11 is 1.83. The maximum absolute atomic E-state index is 13.1. The van der Waals surface area contributed by atoms with Crippen LogP contribution in [0, 0.1) is 25.7 Å². The molecule has 2 aromatic rings. The highest BCUT2D eigenvalue weighted by Crippen LogP contribution is 2.40. The topological polar surface area (TPSA) is 88.2 Å². The Hall–Kier alpha value is -1.98. The number of nitrogens with one attached hydrogen (secondary N) is 1. The number of methoxy groups -OCH3 is 1. The van der Waals surface area contributed by atoms with Crippen molar-refractivity contribution in [3.8, 4) is 5.75 Å². The number of thiophene rings is 1. The molecule has 0 radical (unpaired) electrons. The number of amides is 1. The van der Waals surface area contributed by atoms with Gasteiger partial charge in [0.1, 0.15) is 12.4 Å². The van der Waals surface area contributed by atoms with E-state index in [9.17, 15) is 13.2 Å². The van der Waals surface area contributed by atoms with Crippen molar-refractivity contribution in [2.45, 2.75) is 50.5 Å². The van der Waals surface area contributed by atoms with Crippen molar-refractivity contribution >= 4 is 27.3 Å². The quantitative estimate of drug-likeness (QED) is 0.366. The van der Waals surface area contributed by atoms with Crippen molar-refractivity contribution in [1.29, 1.82) is 0 Å². The standard InChI is InChI=1S/C28H43N3O5S2/c1-20-16-24(35-6)17-21(2)28(20)38(33,34)31(5)13-14-36-19-26(32)29-18-22-9-11-23(12-10-22)27(30(3)4)25-8-7-15-37-25/h7-8,15-17,22-23,27H,9-14,18-19H2,1-6H3,(H,29,32). The molecule has 1 aromatic carbocycles. The molecule has 1 unspecified atom stereocenters. The van der Waals surface area contributed by atoms with Crippen LogP contribution in [0.15, 0.2) is 34.5 Å². The van der Waals surface area contributed by atoms with Crippen LogP contribution in [-0.4, -0.2) is 78.1 Å². The highest BCUT2D eigenvalue weighted by Gasteiger charge is 2.30. The minimum Gasteiger partial charge on any atom is -0.497 e. The number of carbonyl (C=O) groups excluding carboxylic acids is 1. The third-order valence-corrected chi connectivity index (χ3v) is 10.5. The van der Waals surface area contributed by atoms with Gasteiger partial charge >= 0.3 is 0 Å². The molecule has 1 N–H and O–H groups in total. The molecule has 0 spiro atoms. The van der Waals surface area contributed by atoms with E-state index in [0.29, 0.717) is 41.3 Å². The highest BCUT2D eigenvalue weighted by molar-refractivity contribution is 7.89. The zero-order valence-electron chi connectivity index (χ0n) is 23.5. The number of rotatable bonds is 13. The molecule has 1 amide bonds. The van der Waals surface area contributed by atoms with Crippen LogP contribution in [0.3, 0.4) is 0 Å². The van der Waals surface area contributed by atoms with E-state index in [0.717, 1.165) is 25.7 Å². The number of aryl methyl sites for hydroxylation is 2. The van der Waals surface area contributed by atoms with Gasteiger partial charge in [0.05, 0.1) is 18.6 Å². The van der Waals surface area contributed by atoms with Gasteiger partial charge in [-0.25, -0.2) is 8.42 Å². The van der Waals surface area contributed by atoms with Crippen LogP contribution in [0.5, 0.6) is 5.75 Å². The lowest BCUT2D eigenvalue weighted by Crippen LogP contribution is -2.36. The number of ether oxygens (including phenoxy) is 2. The number of sulfonamides is 1. The molecule has 212 valence electrons. The summed E-state index contributed by atoms with van der Waals surface area (Å²) in [7, 11) is 3.71. The Balaban J connectivity index is 1.37. The van der Waals surface area contributed by atoms with Crippen LogP contribution >= 0.6 is 11.3 Å². The van der Waals surface area contributed by atoms with E-state index in [2.05, 4.69) is 41.8 Å². The molecule has 1 fully saturated rings. The second kappa shape index (κ2) is 13.9. The van der Waals surface area contributed by atoms with E-state index in [1.165, 1.54) is 16.2 Å². The summed E-state index contributed by atoms with van der Waals surface area (Å²) in [6.07, 6.45) is 4.53. The van der Waals surface area contributed by atoms with E-state index >= 15 is 0 Å². The Bertz CT molecular complexity index is 1120. The Morgan fingerprint density at radius 3 is 2.34 bits per heavy atom. The van der Waals surface area contributed by atoms with Crippen LogP contribution in [0.4, 0.5) is 0 Å². The molecule has 0 bridgehead atoms. The zero-order chi connectivity index (χ0) is 27.9. The molecule has 1 aliphatic carbocycles. The van der Waals surface area contributed by atoms with Gasteiger partial charge < -0.3 is 19.7 Å². The summed E-state index contributed by atoms with van der Waals surface area (Å²) < 4.78 is 38.2. The normalized spacial score (nSPS) is 19.1. The lowest BCUT2D eigenvalue weighted by molar-refractivity contribution is -0.126. The third-order valence-electron chi connectivity index (χ3n) is 7.44. The van der Waals surface area contributed by atoms with E-state index < -0.39 is 10.0 Å². The van der Waals surface area contributed by atoms with Gasteiger partial charge in [0, 0.05) is 31.1 Å². The summed E-state index contributed by atoms with van der Waals surface area (Å²) in [4.78, 5) is 16.4. The first-order valence-electron chi connectivity index (χ1n) is 13.2. The second-order valence-corrected chi connectivity index (χ2v) is 13.4. The lowest BCUT2D eigenvalue weighted by Gasteiger charge is -2.37. The van der Waals surface area contributed by atoms with E-state index in [1.54, 1.807) is 33.1 Å². The van der Waals surface area contributed by atoms with Crippen molar-refractivity contribution in [3.05, 3.63) is 45.6 Å². The zero-order valence-corrected chi connectivity index (χ0v) is 25.2. The summed E-state index contributed by atoms with van der Waals surface area (Å²) in [6.45, 7) is 4.39. The molecule has 0 saturated heterocycles. The van der Waals surface area contributed by atoms with Crippen molar-refractivity contribution in [3.63, 3.8) is 0 Å². The molecule has 10 heteroatoms. The minimum atomic E-state index is -3.69. The Kier molecular flexibility index (Phi) is 11.2. The van der Waals surface area contributed by atoms with Crippen LogP contribution in [0.25, 0.3) is 0 Å². The number of hydrogen-bond donors (Lipinski definition) is 1. The molecule has 1 heterocycles. The Labute approximate surface area is 232 Å². The number of nitrogens with zero attached hydrogens (tertiary/aromatic N) is 2. The maximum Gasteiger partial charge on any atom is 0.246 e. The van der Waals surface area contributed by atoms with Crippen LogP contribution in [-0.2, 0) is 19.6 Å². The molecule has 0 aliphatic heterocycles. The highest BCUT2D eigenvalue weighted by atomic mass is 32.2. The predicted octanol–water partition coefficient (Wildman–Crippen LogP) is 4.24. The van der Waals surface area contributed by atoms with Gasteiger partial charge in [-0.1, -0.05) is 6.07 Å². The SMILES string of the molecule is COc1cc(C)c(S(=O)(=O)N(C)CCOCC(=O)NCC2CCC(C(c3cccs3)N(C)C)CC2)c(C)c1. The summed E-state index contributed by atoms with van der Waals surface area (Å²) in [6, 6.07) is 8.24. The number of likely N-dealkylation sites (N-methyl/N-ethyl adjacent to an activating group) is 1. The number of benzene rings is 1. The fraction of sp³-hybridized carbons (Fsp3) is 0.607. The van der Waals surface area contributed by atoms with Gasteiger partial charge in [0.25, 0.3) is 0 Å². The lowest BCUT2D eigenvalue weighted by atomic mass is 9.77. The van der Waals surface area contributed by atoms with Gasteiger partial charge in [0.2, 0.25) is 15.9 Å². The number of carbonyl (C=O) groups is 1. The van der Waals surface area contributed by atoms with E-state index in [4.69, 9.17) is 9.47 Å². The maximum atomic E-state index is 13.1. The Morgan fingerprint density at radius 1 is 1.13 bits per heavy atom. The van der Waals surface area contributed by atoms with Gasteiger partial charge in [-0.2, -0.15) is 4.31 Å². The first-order chi connectivity index (χ1) is 18.0. The van der Waals surface area contributed by atoms with Gasteiger partial charge in [-0.05, 0) is 100 Å². The minimum absolute atomic E-state index is 0.0785. The molecule has 1 atom stereocenters. The summed E-state index contributed by atoms with van der Waals surface area (Å²) in [5.74, 6) is 1.58. The monoisotopic (exact) mass is 565 g/mol. The Morgan fingerprint density at radius 2 is 1.79 bits per heavy atom. The molecular weight excluding hydrogens is 522 g/mol. The third kappa shape index (κ3) is 7.79. The molecule has 1 aromatic heterocycles. The van der Waals surface area contributed by atoms with Crippen molar-refractivity contribution in [2.75, 3.05) is 54.6 Å². The first kappa shape index (κ1) is 30.6. The molecule has 1 saturated carbocycles. The van der Waals surface area contributed by atoms with E-state index in [1.807, 2.05) is 11.3 Å². The van der Waals surface area contributed by atoms with Gasteiger partial charge in [-0.3, -0.25) is 4.79 Å².